The zero-order chi connectivity index (χ0) is 36.2. The zero-order valence-electron chi connectivity index (χ0n) is 30.4. The van der Waals surface area contributed by atoms with Crippen LogP contribution in [-0.4, -0.2) is 75.2 Å². The second kappa shape index (κ2) is 18.1. The SMILES string of the molecule is COCCCN1C(=O)CCc2ccc(COC3CN(C(=O)OC(C)(C)C)CCC3c3ccc(OCCCCOc4ccccc4C#N)cc3)cc21. The van der Waals surface area contributed by atoms with Gasteiger partial charge in [-0.1, -0.05) is 36.4 Å². The van der Waals surface area contributed by atoms with Gasteiger partial charge in [0.05, 0.1) is 38.0 Å². The van der Waals surface area contributed by atoms with Crippen LogP contribution < -0.4 is 14.4 Å². The van der Waals surface area contributed by atoms with Gasteiger partial charge < -0.3 is 33.5 Å². The van der Waals surface area contributed by atoms with Gasteiger partial charge in [0.2, 0.25) is 5.91 Å². The van der Waals surface area contributed by atoms with Crippen LogP contribution in [0.4, 0.5) is 10.5 Å². The van der Waals surface area contributed by atoms with Crippen molar-refractivity contribution in [2.24, 2.45) is 0 Å². The predicted molar refractivity (Wildman–Crippen MR) is 195 cm³/mol. The smallest absolute Gasteiger partial charge is 0.410 e. The number of anilines is 1. The number of carbonyl (C=O) groups is 2. The van der Waals surface area contributed by atoms with Gasteiger partial charge in [0.25, 0.3) is 0 Å². The van der Waals surface area contributed by atoms with E-state index in [0.717, 1.165) is 54.7 Å². The molecule has 10 heteroatoms. The molecule has 2 aliphatic heterocycles. The molecule has 2 amide bonds. The number of nitriles is 1. The standard InChI is InChI=1S/C41H51N3O7/c1-41(2,3)51-40(46)43-22-20-35(31-14-17-34(18-15-31)48-24-7-8-25-49-37-11-6-5-10-33(37)27-42)38(28-43)50-29-30-12-13-32-16-19-39(45)44(36(32)26-30)21-9-23-47-4/h5-6,10-15,17-18,26,35,38H,7-9,16,19-25,28-29H2,1-4H3. The quantitative estimate of drug-likeness (QED) is 0.151. The molecule has 3 aromatic rings. The first-order chi connectivity index (χ1) is 24.6. The summed E-state index contributed by atoms with van der Waals surface area (Å²) in [5.74, 6) is 1.60. The number of hydrogen-bond donors (Lipinski definition) is 0. The first-order valence-electron chi connectivity index (χ1n) is 18.0. The van der Waals surface area contributed by atoms with Gasteiger partial charge in [-0.3, -0.25) is 4.79 Å². The minimum atomic E-state index is -0.592. The summed E-state index contributed by atoms with van der Waals surface area (Å²) in [4.78, 5) is 29.6. The Kier molecular flexibility index (Phi) is 13.3. The number of unbranched alkanes of at least 4 members (excludes halogenated alkanes) is 1. The first-order valence-corrected chi connectivity index (χ1v) is 18.0. The summed E-state index contributed by atoms with van der Waals surface area (Å²) < 4.78 is 29.4. The molecule has 0 aliphatic carbocycles. The lowest BCUT2D eigenvalue weighted by atomic mass is 9.87. The van der Waals surface area contributed by atoms with E-state index in [-0.39, 0.29) is 24.0 Å². The molecule has 0 N–H and O–H groups in total. The molecular weight excluding hydrogens is 646 g/mol. The van der Waals surface area contributed by atoms with Crippen molar-refractivity contribution >= 4 is 17.7 Å². The van der Waals surface area contributed by atoms with Crippen LogP contribution in [0.2, 0.25) is 0 Å². The highest BCUT2D eigenvalue weighted by atomic mass is 16.6. The predicted octanol–water partition coefficient (Wildman–Crippen LogP) is 7.42. The third-order valence-electron chi connectivity index (χ3n) is 9.14. The van der Waals surface area contributed by atoms with Gasteiger partial charge in [-0.2, -0.15) is 5.26 Å². The largest absolute Gasteiger partial charge is 0.494 e. The number of carbonyl (C=O) groups excluding carboxylic acids is 2. The fourth-order valence-electron chi connectivity index (χ4n) is 6.52. The molecule has 2 aliphatic rings. The lowest BCUT2D eigenvalue weighted by molar-refractivity contribution is -0.118. The second-order valence-electron chi connectivity index (χ2n) is 14.1. The minimum absolute atomic E-state index is 0.0657. The van der Waals surface area contributed by atoms with Crippen molar-refractivity contribution in [1.82, 2.24) is 4.90 Å². The van der Waals surface area contributed by atoms with Gasteiger partial charge in [-0.05, 0) is 99.9 Å². The Morgan fingerprint density at radius 2 is 1.71 bits per heavy atom. The van der Waals surface area contributed by atoms with E-state index < -0.39 is 5.60 Å². The van der Waals surface area contributed by atoms with Gasteiger partial charge in [-0.15, -0.1) is 0 Å². The molecule has 2 heterocycles. The number of ether oxygens (including phenoxy) is 5. The zero-order valence-corrected chi connectivity index (χ0v) is 30.4. The van der Waals surface area contributed by atoms with Gasteiger partial charge in [0.15, 0.2) is 0 Å². The normalized spacial score (nSPS) is 17.4. The summed E-state index contributed by atoms with van der Waals surface area (Å²) in [5.41, 5.74) is 4.17. The number of hydrogen-bond acceptors (Lipinski definition) is 8. The summed E-state index contributed by atoms with van der Waals surface area (Å²) in [6.07, 6.45) is 3.76. The molecule has 0 spiro atoms. The van der Waals surface area contributed by atoms with E-state index in [4.69, 9.17) is 23.7 Å². The van der Waals surface area contributed by atoms with Crippen molar-refractivity contribution in [2.45, 2.75) is 83.5 Å². The number of benzene rings is 3. The Labute approximate surface area is 302 Å². The number of fused-ring (bicyclic) bond motifs is 1. The topological polar surface area (TPSA) is 111 Å². The maximum Gasteiger partial charge on any atom is 0.410 e. The molecule has 2 unspecified atom stereocenters. The molecule has 272 valence electrons. The summed E-state index contributed by atoms with van der Waals surface area (Å²) in [7, 11) is 1.67. The van der Waals surface area contributed by atoms with Crippen LogP contribution in [0.3, 0.4) is 0 Å². The molecule has 10 nitrogen and oxygen atoms in total. The molecule has 51 heavy (non-hydrogen) atoms. The Bertz CT molecular complexity index is 1650. The van der Waals surface area contributed by atoms with E-state index in [1.165, 1.54) is 5.56 Å². The number of piperidine rings is 1. The number of nitrogens with zero attached hydrogens (tertiary/aromatic N) is 3. The fourth-order valence-corrected chi connectivity index (χ4v) is 6.52. The van der Waals surface area contributed by atoms with Crippen LogP contribution in [0.25, 0.3) is 0 Å². The molecule has 5 rings (SSSR count). The van der Waals surface area contributed by atoms with E-state index in [2.05, 4.69) is 36.4 Å². The number of aryl methyl sites for hydroxylation is 1. The van der Waals surface area contributed by atoms with Crippen molar-refractivity contribution in [2.75, 3.05) is 51.5 Å². The maximum absolute atomic E-state index is 13.1. The van der Waals surface area contributed by atoms with Crippen LogP contribution in [0.1, 0.15) is 81.0 Å². The van der Waals surface area contributed by atoms with Crippen molar-refractivity contribution < 1.29 is 33.3 Å². The molecule has 1 fully saturated rings. The molecule has 0 saturated carbocycles. The summed E-state index contributed by atoms with van der Waals surface area (Å²) in [6.45, 7) is 9.23. The molecule has 1 saturated heterocycles. The number of methoxy groups -OCH3 is 1. The average Bonchev–Trinajstić information content (AvgIpc) is 3.12. The van der Waals surface area contributed by atoms with Gasteiger partial charge >= 0.3 is 6.09 Å². The number of likely N-dealkylation sites (tertiary alicyclic amines) is 1. The molecular formula is C41H51N3O7. The van der Waals surface area contributed by atoms with Crippen LogP contribution >= 0.6 is 0 Å². The summed E-state index contributed by atoms with van der Waals surface area (Å²) in [5, 5.41) is 9.23. The number of amides is 2. The highest BCUT2D eigenvalue weighted by Crippen LogP contribution is 2.34. The van der Waals surface area contributed by atoms with Gasteiger partial charge in [0, 0.05) is 44.8 Å². The fraction of sp³-hybridized carbons (Fsp3) is 0.488. The Morgan fingerprint density at radius 1 is 0.941 bits per heavy atom. The molecule has 0 radical (unpaired) electrons. The minimum Gasteiger partial charge on any atom is -0.494 e. The van der Waals surface area contributed by atoms with Crippen LogP contribution in [-0.2, 0) is 32.0 Å². The number of para-hydroxylation sites is 1. The van der Waals surface area contributed by atoms with Gasteiger partial charge in [0.1, 0.15) is 23.2 Å². The van der Waals surface area contributed by atoms with Crippen LogP contribution in [0.5, 0.6) is 11.5 Å². The van der Waals surface area contributed by atoms with E-state index in [0.29, 0.717) is 63.8 Å². The Morgan fingerprint density at radius 3 is 2.45 bits per heavy atom. The van der Waals surface area contributed by atoms with E-state index in [1.54, 1.807) is 18.1 Å². The Hall–Kier alpha value is -4.59. The monoisotopic (exact) mass is 697 g/mol. The first kappa shape index (κ1) is 37.7. The molecule has 3 aromatic carbocycles. The molecule has 0 aromatic heterocycles. The summed E-state index contributed by atoms with van der Waals surface area (Å²) in [6, 6.07) is 23.8. The lowest BCUT2D eigenvalue weighted by Crippen LogP contribution is -2.48. The molecule has 2 atom stereocenters. The van der Waals surface area contributed by atoms with Crippen molar-refractivity contribution in [3.63, 3.8) is 0 Å². The maximum atomic E-state index is 13.1. The van der Waals surface area contributed by atoms with E-state index in [9.17, 15) is 14.9 Å². The van der Waals surface area contributed by atoms with E-state index in [1.807, 2.05) is 56.0 Å². The third kappa shape index (κ3) is 10.7. The van der Waals surface area contributed by atoms with Gasteiger partial charge in [-0.25, -0.2) is 4.79 Å². The van der Waals surface area contributed by atoms with Crippen LogP contribution in [0.15, 0.2) is 66.7 Å². The van der Waals surface area contributed by atoms with Crippen molar-refractivity contribution in [3.8, 4) is 17.6 Å². The molecule has 0 bridgehead atoms. The third-order valence-corrected chi connectivity index (χ3v) is 9.14. The van der Waals surface area contributed by atoms with Crippen LogP contribution in [0, 0.1) is 11.3 Å². The Balaban J connectivity index is 1.20. The van der Waals surface area contributed by atoms with Crippen molar-refractivity contribution in [3.05, 3.63) is 89.0 Å². The lowest BCUT2D eigenvalue weighted by Gasteiger charge is -2.39. The summed E-state index contributed by atoms with van der Waals surface area (Å²) >= 11 is 0. The van der Waals surface area contributed by atoms with Crippen molar-refractivity contribution in [1.29, 1.82) is 5.26 Å². The average molecular weight is 698 g/mol. The highest BCUT2D eigenvalue weighted by Gasteiger charge is 2.35. The second-order valence-corrected chi connectivity index (χ2v) is 14.1. The number of rotatable bonds is 15. The highest BCUT2D eigenvalue weighted by molar-refractivity contribution is 5.96. The van der Waals surface area contributed by atoms with E-state index >= 15 is 0 Å².